The normalized spacial score (nSPS) is 13.5. The monoisotopic (exact) mass is 298 g/mol. The molecule has 0 aliphatic carbocycles. The second kappa shape index (κ2) is 7.88. The van der Waals surface area contributed by atoms with Gasteiger partial charge >= 0.3 is 0 Å². The quantitative estimate of drug-likeness (QED) is 0.682. The highest BCUT2D eigenvalue weighted by molar-refractivity contribution is 5.44. The molecule has 2 rings (SSSR count). The summed E-state index contributed by atoms with van der Waals surface area (Å²) in [5.74, 6) is 2.66. The first-order chi connectivity index (χ1) is 10.7. The topological polar surface area (TPSA) is 18.5 Å². The highest BCUT2D eigenvalue weighted by atomic mass is 16.5. The highest BCUT2D eigenvalue weighted by Crippen LogP contribution is 2.36. The molecule has 0 saturated heterocycles. The smallest absolute Gasteiger partial charge is 0.160 e. The van der Waals surface area contributed by atoms with Crippen molar-refractivity contribution in [2.24, 2.45) is 0 Å². The number of methoxy groups -OCH3 is 2. The Morgan fingerprint density at radius 2 is 1.55 bits per heavy atom. The predicted molar refractivity (Wildman–Crippen MR) is 92.1 cm³/mol. The molecule has 0 spiro atoms. The lowest BCUT2D eigenvalue weighted by molar-refractivity contribution is 0.354. The number of ether oxygens (including phenoxy) is 2. The molecular formula is C20H26O2. The van der Waals surface area contributed by atoms with Crippen molar-refractivity contribution in [1.82, 2.24) is 0 Å². The van der Waals surface area contributed by atoms with Gasteiger partial charge in [-0.3, -0.25) is 0 Å². The summed E-state index contributed by atoms with van der Waals surface area (Å²) in [6, 6.07) is 17.0. The number of benzene rings is 2. The Labute approximate surface area is 134 Å². The van der Waals surface area contributed by atoms with Gasteiger partial charge < -0.3 is 9.47 Å². The summed E-state index contributed by atoms with van der Waals surface area (Å²) in [7, 11) is 3.36. The molecule has 2 heteroatoms. The number of hydrogen-bond donors (Lipinski definition) is 0. The number of hydrogen-bond acceptors (Lipinski definition) is 2. The van der Waals surface area contributed by atoms with Crippen LogP contribution in [0.2, 0.25) is 0 Å². The second-order valence-corrected chi connectivity index (χ2v) is 5.77. The molecule has 0 fully saturated rings. The van der Waals surface area contributed by atoms with E-state index in [4.69, 9.17) is 9.47 Å². The largest absolute Gasteiger partial charge is 0.493 e. The van der Waals surface area contributed by atoms with Crippen molar-refractivity contribution < 1.29 is 9.47 Å². The summed E-state index contributed by atoms with van der Waals surface area (Å²) in [5, 5.41) is 0. The lowest BCUT2D eigenvalue weighted by Gasteiger charge is -2.21. The van der Waals surface area contributed by atoms with Crippen molar-refractivity contribution in [1.29, 1.82) is 0 Å². The summed E-state index contributed by atoms with van der Waals surface area (Å²) < 4.78 is 10.8. The molecule has 118 valence electrons. The molecule has 2 unspecified atom stereocenters. The summed E-state index contributed by atoms with van der Waals surface area (Å²) in [4.78, 5) is 0. The van der Waals surface area contributed by atoms with Gasteiger partial charge in [-0.1, -0.05) is 50.2 Å². The standard InChI is InChI=1S/C20H26O2/c1-5-16(13-15(2)17-9-7-6-8-10-17)18-11-12-19(21-3)20(14-18)22-4/h6-12,14-16H,5,13H2,1-4H3. The first-order valence-corrected chi connectivity index (χ1v) is 7.96. The van der Waals surface area contributed by atoms with Crippen molar-refractivity contribution in [3.8, 4) is 11.5 Å². The van der Waals surface area contributed by atoms with Crippen LogP contribution in [-0.2, 0) is 0 Å². The van der Waals surface area contributed by atoms with E-state index in [1.54, 1.807) is 14.2 Å². The van der Waals surface area contributed by atoms with Crippen LogP contribution in [0, 0.1) is 0 Å². The molecule has 0 bridgehead atoms. The van der Waals surface area contributed by atoms with Crippen LogP contribution in [0.15, 0.2) is 48.5 Å². The van der Waals surface area contributed by atoms with Crippen LogP contribution in [0.1, 0.15) is 49.7 Å². The van der Waals surface area contributed by atoms with E-state index in [2.05, 4.69) is 56.3 Å². The molecular weight excluding hydrogens is 272 g/mol. The molecule has 2 nitrogen and oxygen atoms in total. The van der Waals surface area contributed by atoms with Gasteiger partial charge in [-0.2, -0.15) is 0 Å². The van der Waals surface area contributed by atoms with Gasteiger partial charge in [0.15, 0.2) is 11.5 Å². The Morgan fingerprint density at radius 1 is 0.864 bits per heavy atom. The van der Waals surface area contributed by atoms with E-state index in [1.807, 2.05) is 6.07 Å². The van der Waals surface area contributed by atoms with E-state index < -0.39 is 0 Å². The van der Waals surface area contributed by atoms with E-state index in [1.165, 1.54) is 11.1 Å². The van der Waals surface area contributed by atoms with Gasteiger partial charge in [0, 0.05) is 0 Å². The Bertz CT molecular complexity index is 578. The Morgan fingerprint density at radius 3 is 2.14 bits per heavy atom. The maximum atomic E-state index is 5.44. The molecule has 2 aromatic carbocycles. The van der Waals surface area contributed by atoms with Crippen LogP contribution in [-0.4, -0.2) is 14.2 Å². The average Bonchev–Trinajstić information content (AvgIpc) is 2.59. The molecule has 22 heavy (non-hydrogen) atoms. The first-order valence-electron chi connectivity index (χ1n) is 7.96. The van der Waals surface area contributed by atoms with Gasteiger partial charge in [-0.15, -0.1) is 0 Å². The minimum Gasteiger partial charge on any atom is -0.493 e. The molecule has 0 aliphatic heterocycles. The molecule has 0 aliphatic rings. The lowest BCUT2D eigenvalue weighted by atomic mass is 9.84. The van der Waals surface area contributed by atoms with Gasteiger partial charge in [0.05, 0.1) is 14.2 Å². The maximum absolute atomic E-state index is 5.44. The fourth-order valence-electron chi connectivity index (χ4n) is 2.99. The molecule has 2 aromatic rings. The van der Waals surface area contributed by atoms with Gasteiger partial charge in [0.25, 0.3) is 0 Å². The molecule has 2 atom stereocenters. The summed E-state index contributed by atoms with van der Waals surface area (Å²) in [5.41, 5.74) is 2.73. The second-order valence-electron chi connectivity index (χ2n) is 5.77. The van der Waals surface area contributed by atoms with Gasteiger partial charge in [-0.05, 0) is 47.9 Å². The maximum Gasteiger partial charge on any atom is 0.160 e. The Hall–Kier alpha value is -1.96. The summed E-state index contributed by atoms with van der Waals surface area (Å²) >= 11 is 0. The van der Waals surface area contributed by atoms with E-state index in [9.17, 15) is 0 Å². The van der Waals surface area contributed by atoms with E-state index in [0.29, 0.717) is 11.8 Å². The molecule has 0 N–H and O–H groups in total. The third-order valence-corrected chi connectivity index (χ3v) is 4.38. The third kappa shape index (κ3) is 3.82. The fourth-order valence-corrected chi connectivity index (χ4v) is 2.99. The van der Waals surface area contributed by atoms with Crippen LogP contribution in [0.3, 0.4) is 0 Å². The molecule has 0 amide bonds. The SMILES string of the molecule is CCC(CC(C)c1ccccc1)c1ccc(OC)c(OC)c1. The Kier molecular flexibility index (Phi) is 5.88. The summed E-state index contributed by atoms with van der Waals surface area (Å²) in [6.45, 7) is 4.55. The van der Waals surface area contributed by atoms with Crippen LogP contribution < -0.4 is 9.47 Å². The van der Waals surface area contributed by atoms with E-state index in [0.717, 1.165) is 24.3 Å². The van der Waals surface area contributed by atoms with Crippen molar-refractivity contribution in [2.45, 2.75) is 38.5 Å². The minimum atomic E-state index is 0.523. The van der Waals surface area contributed by atoms with Crippen molar-refractivity contribution >= 4 is 0 Å². The molecule has 0 radical (unpaired) electrons. The van der Waals surface area contributed by atoms with Crippen LogP contribution in [0.4, 0.5) is 0 Å². The zero-order valence-electron chi connectivity index (χ0n) is 14.0. The van der Waals surface area contributed by atoms with Crippen molar-refractivity contribution in [3.05, 3.63) is 59.7 Å². The highest BCUT2D eigenvalue weighted by Gasteiger charge is 2.17. The van der Waals surface area contributed by atoms with E-state index in [-0.39, 0.29) is 0 Å². The number of rotatable bonds is 7. The first kappa shape index (κ1) is 16.4. The van der Waals surface area contributed by atoms with Crippen LogP contribution in [0.5, 0.6) is 11.5 Å². The Balaban J connectivity index is 2.18. The fraction of sp³-hybridized carbons (Fsp3) is 0.400. The third-order valence-electron chi connectivity index (χ3n) is 4.38. The van der Waals surface area contributed by atoms with Gasteiger partial charge in [0.2, 0.25) is 0 Å². The zero-order chi connectivity index (χ0) is 15.9. The van der Waals surface area contributed by atoms with Gasteiger partial charge in [-0.25, -0.2) is 0 Å². The van der Waals surface area contributed by atoms with Crippen LogP contribution >= 0.6 is 0 Å². The predicted octanol–water partition coefficient (Wildman–Crippen LogP) is 5.39. The van der Waals surface area contributed by atoms with E-state index >= 15 is 0 Å². The lowest BCUT2D eigenvalue weighted by Crippen LogP contribution is -2.04. The van der Waals surface area contributed by atoms with Crippen molar-refractivity contribution in [2.75, 3.05) is 14.2 Å². The average molecular weight is 298 g/mol. The molecule has 0 saturated carbocycles. The summed E-state index contributed by atoms with van der Waals surface area (Å²) in [6.07, 6.45) is 2.25. The minimum absolute atomic E-state index is 0.523. The van der Waals surface area contributed by atoms with Gasteiger partial charge in [0.1, 0.15) is 0 Å². The van der Waals surface area contributed by atoms with Crippen LogP contribution in [0.25, 0.3) is 0 Å². The zero-order valence-corrected chi connectivity index (χ0v) is 14.0. The molecule has 0 aromatic heterocycles. The molecule has 0 heterocycles. The van der Waals surface area contributed by atoms with Crippen molar-refractivity contribution in [3.63, 3.8) is 0 Å².